The summed E-state index contributed by atoms with van der Waals surface area (Å²) >= 11 is 11.6. The van der Waals surface area contributed by atoms with Gasteiger partial charge in [0.1, 0.15) is 48.0 Å². The van der Waals surface area contributed by atoms with Crippen molar-refractivity contribution in [1.82, 2.24) is 10.6 Å². The van der Waals surface area contributed by atoms with Crippen LogP contribution in [0.2, 0.25) is 0 Å². The predicted octanol–water partition coefficient (Wildman–Crippen LogP) is 10.4. The number of phenolic OH excluding ortho intramolecular Hbond substituents is 2. The SMILES string of the molecule is CC(C)(C)c1cc2c(O)c(c1)Cc1cc(C(C)(C)C)cc(c1OCCNC(=O)CCl)Cc1cc(C(C)(C)C)cc(c1O)Cc1cc(C(C)(C)C)cc(c1OCCNC(=O)CCl)C2. The third-order valence-corrected chi connectivity index (χ3v) is 12.1. The summed E-state index contributed by atoms with van der Waals surface area (Å²) in [4.78, 5) is 24.2. The molecule has 1 aliphatic rings. The lowest BCUT2D eigenvalue weighted by molar-refractivity contribution is -0.119. The molecule has 0 radical (unpaired) electrons. The minimum absolute atomic E-state index is 0.143. The Labute approximate surface area is 380 Å². The fraction of sp³-hybridized carbons (Fsp3) is 0.500. The zero-order valence-corrected chi connectivity index (χ0v) is 40.5. The lowest BCUT2D eigenvalue weighted by Gasteiger charge is -2.28. The van der Waals surface area contributed by atoms with Crippen LogP contribution in [0.5, 0.6) is 23.0 Å². The number of rotatable bonds is 10. The van der Waals surface area contributed by atoms with Gasteiger partial charge in [0.15, 0.2) is 0 Å². The summed E-state index contributed by atoms with van der Waals surface area (Å²) in [5.41, 5.74) is 9.96. The number of aromatic hydroxyl groups is 2. The van der Waals surface area contributed by atoms with Crippen LogP contribution in [0, 0.1) is 0 Å². The van der Waals surface area contributed by atoms with Crippen molar-refractivity contribution in [2.24, 2.45) is 0 Å². The maximum Gasteiger partial charge on any atom is 0.235 e. The molecule has 0 unspecified atom stereocenters. The number of nitrogens with one attached hydrogen (secondary N) is 2. The van der Waals surface area contributed by atoms with Crippen molar-refractivity contribution >= 4 is 35.0 Å². The molecular formula is C52H68Cl2N2O6. The van der Waals surface area contributed by atoms with Crippen LogP contribution in [-0.4, -0.2) is 60.1 Å². The van der Waals surface area contributed by atoms with Crippen molar-refractivity contribution in [3.05, 3.63) is 115 Å². The van der Waals surface area contributed by atoms with Crippen molar-refractivity contribution in [1.29, 1.82) is 0 Å². The summed E-state index contributed by atoms with van der Waals surface area (Å²) in [6, 6.07) is 17.1. The van der Waals surface area contributed by atoms with Crippen LogP contribution in [0.25, 0.3) is 0 Å². The molecule has 0 aliphatic heterocycles. The van der Waals surface area contributed by atoms with Crippen molar-refractivity contribution in [2.45, 2.75) is 130 Å². The number of hydrogen-bond donors (Lipinski definition) is 4. The van der Waals surface area contributed by atoms with Crippen LogP contribution in [0.15, 0.2) is 48.5 Å². The van der Waals surface area contributed by atoms with Crippen molar-refractivity contribution in [2.75, 3.05) is 38.1 Å². The van der Waals surface area contributed by atoms with E-state index in [1.807, 2.05) is 0 Å². The Bertz CT molecular complexity index is 2030. The first kappa shape index (κ1) is 48.6. The molecule has 0 saturated heterocycles. The lowest BCUT2D eigenvalue weighted by Crippen LogP contribution is -2.29. The summed E-state index contributed by atoms with van der Waals surface area (Å²) in [6.07, 6.45) is 1.44. The van der Waals surface area contributed by atoms with Gasteiger partial charge < -0.3 is 30.3 Å². The van der Waals surface area contributed by atoms with E-state index in [0.29, 0.717) is 37.2 Å². The van der Waals surface area contributed by atoms with Crippen LogP contribution in [0.3, 0.4) is 0 Å². The quantitative estimate of drug-likeness (QED) is 0.0820. The molecule has 8 nitrogen and oxygen atoms in total. The maximum absolute atomic E-state index is 12.5. The zero-order valence-electron chi connectivity index (χ0n) is 39.0. The fourth-order valence-electron chi connectivity index (χ4n) is 7.80. The Balaban J connectivity index is 1.88. The molecule has 0 heterocycles. The van der Waals surface area contributed by atoms with E-state index >= 15 is 0 Å². The summed E-state index contributed by atoms with van der Waals surface area (Å²) < 4.78 is 13.4. The van der Waals surface area contributed by atoms with E-state index in [4.69, 9.17) is 32.7 Å². The Morgan fingerprint density at radius 2 is 0.694 bits per heavy atom. The molecule has 62 heavy (non-hydrogen) atoms. The Kier molecular flexibility index (Phi) is 15.0. The lowest BCUT2D eigenvalue weighted by atomic mass is 9.79. The van der Waals surface area contributed by atoms with Crippen LogP contribution in [-0.2, 0) is 56.9 Å². The molecular weight excluding hydrogens is 819 g/mol. The van der Waals surface area contributed by atoms with E-state index < -0.39 is 0 Å². The van der Waals surface area contributed by atoms with Gasteiger partial charge in [-0.25, -0.2) is 0 Å². The maximum atomic E-state index is 12.5. The van der Waals surface area contributed by atoms with Gasteiger partial charge in [-0.1, -0.05) is 132 Å². The number of hydrogen-bond acceptors (Lipinski definition) is 6. The van der Waals surface area contributed by atoms with E-state index in [9.17, 15) is 19.8 Å². The third kappa shape index (κ3) is 12.0. The normalized spacial score (nSPS) is 13.4. The molecule has 0 fully saturated rings. The molecule has 336 valence electrons. The minimum Gasteiger partial charge on any atom is -0.507 e. The van der Waals surface area contributed by atoms with Crippen molar-refractivity contribution in [3.8, 4) is 23.0 Å². The second kappa shape index (κ2) is 19.1. The highest BCUT2D eigenvalue weighted by Gasteiger charge is 2.28. The molecule has 4 aromatic rings. The molecule has 4 aromatic carbocycles. The van der Waals surface area contributed by atoms with Gasteiger partial charge in [-0.15, -0.1) is 23.2 Å². The smallest absolute Gasteiger partial charge is 0.235 e. The first-order valence-corrected chi connectivity index (χ1v) is 22.8. The topological polar surface area (TPSA) is 117 Å². The van der Waals surface area contributed by atoms with Gasteiger partial charge in [-0.05, 0) is 88.4 Å². The Morgan fingerprint density at radius 1 is 0.468 bits per heavy atom. The van der Waals surface area contributed by atoms with Gasteiger partial charge in [-0.2, -0.15) is 0 Å². The van der Waals surface area contributed by atoms with Crippen LogP contribution in [0.4, 0.5) is 0 Å². The number of carbonyl (C=O) groups is 2. The Morgan fingerprint density at radius 3 is 0.903 bits per heavy atom. The predicted molar refractivity (Wildman–Crippen MR) is 254 cm³/mol. The highest BCUT2D eigenvalue weighted by atomic mass is 35.5. The highest BCUT2D eigenvalue weighted by molar-refractivity contribution is 6.27. The average Bonchev–Trinajstić information content (AvgIpc) is 3.16. The molecule has 0 aromatic heterocycles. The molecule has 0 spiro atoms. The summed E-state index contributed by atoms with van der Waals surface area (Å²) in [5.74, 6) is 0.880. The van der Waals surface area contributed by atoms with Crippen LogP contribution in [0.1, 0.15) is 150 Å². The first-order valence-electron chi connectivity index (χ1n) is 21.7. The number of carbonyl (C=O) groups excluding carboxylic acids is 2. The largest absolute Gasteiger partial charge is 0.507 e. The van der Waals surface area contributed by atoms with Gasteiger partial charge in [0.25, 0.3) is 0 Å². The third-order valence-electron chi connectivity index (χ3n) is 11.6. The number of fused-ring (bicyclic) bond motifs is 8. The number of benzene rings is 4. The standard InChI is InChI=1S/C52H68Cl2N2O6/c1-49(2,3)39-21-31-17-35-25-41(51(7,8)9)27-37(47(35)61-15-13-55-43(57)29-53)19-33-23-40(50(4,5)6)24-34(46(33)60)20-38-28-42(52(10,11)12)26-36(18-32(22-39)45(31)59)48(38)62-16-14-56-44(58)30-54/h21-28,59-60H,13-20,29-30H2,1-12H3,(H,55,57)(H,56,58). The fourth-order valence-corrected chi connectivity index (χ4v) is 7.99. The van der Waals surface area contributed by atoms with Gasteiger partial charge in [0.05, 0.1) is 13.1 Å². The number of ether oxygens (including phenoxy) is 2. The first-order chi connectivity index (χ1) is 28.8. The van der Waals surface area contributed by atoms with Crippen molar-refractivity contribution < 1.29 is 29.3 Å². The number of alkyl halides is 2. The summed E-state index contributed by atoms with van der Waals surface area (Å²) in [5, 5.41) is 30.6. The summed E-state index contributed by atoms with van der Waals surface area (Å²) in [6.45, 7) is 27.0. The zero-order chi connectivity index (χ0) is 45.9. The molecule has 8 bridgehead atoms. The molecule has 4 N–H and O–H groups in total. The Hall–Kier alpha value is -4.40. The van der Waals surface area contributed by atoms with E-state index in [2.05, 4.69) is 142 Å². The molecule has 0 atom stereocenters. The monoisotopic (exact) mass is 886 g/mol. The van der Waals surface area contributed by atoms with Crippen LogP contribution >= 0.6 is 23.2 Å². The number of phenols is 2. The van der Waals surface area contributed by atoms with Crippen LogP contribution < -0.4 is 20.1 Å². The van der Waals surface area contributed by atoms with Crippen molar-refractivity contribution in [3.63, 3.8) is 0 Å². The van der Waals surface area contributed by atoms with E-state index in [-0.39, 0.29) is 83.0 Å². The number of amides is 2. The minimum atomic E-state index is -0.278. The van der Waals surface area contributed by atoms with Gasteiger partial charge in [-0.3, -0.25) is 9.59 Å². The molecule has 5 rings (SSSR count). The highest BCUT2D eigenvalue weighted by Crippen LogP contribution is 2.43. The van der Waals surface area contributed by atoms with Gasteiger partial charge in [0.2, 0.25) is 11.8 Å². The summed E-state index contributed by atoms with van der Waals surface area (Å²) in [7, 11) is 0. The average molecular weight is 888 g/mol. The van der Waals surface area contributed by atoms with E-state index in [0.717, 1.165) is 66.8 Å². The van der Waals surface area contributed by atoms with E-state index in [1.165, 1.54) is 0 Å². The second-order valence-electron chi connectivity index (χ2n) is 20.9. The van der Waals surface area contributed by atoms with Gasteiger partial charge >= 0.3 is 0 Å². The van der Waals surface area contributed by atoms with Gasteiger partial charge in [0, 0.05) is 25.7 Å². The molecule has 2 amide bonds. The molecule has 0 saturated carbocycles. The molecule has 10 heteroatoms. The number of halogens is 2. The van der Waals surface area contributed by atoms with E-state index in [1.54, 1.807) is 0 Å². The molecule has 1 aliphatic carbocycles. The second-order valence-corrected chi connectivity index (χ2v) is 21.4.